The lowest BCUT2D eigenvalue weighted by atomic mass is 10.1. The molecule has 0 amide bonds. The van der Waals surface area contributed by atoms with E-state index in [0.717, 1.165) is 23.4 Å². The topological polar surface area (TPSA) is 72.5 Å². The maximum atomic E-state index is 13.0. The van der Waals surface area contributed by atoms with Gasteiger partial charge in [-0.15, -0.1) is 0 Å². The molecule has 0 spiro atoms. The molecule has 0 fully saturated rings. The Balaban J connectivity index is 1.68. The fourth-order valence-electron chi connectivity index (χ4n) is 2.51. The third kappa shape index (κ3) is 5.30. The van der Waals surface area contributed by atoms with Gasteiger partial charge in [-0.2, -0.15) is 0 Å². The minimum absolute atomic E-state index is 0.0542. The number of benzene rings is 3. The first kappa shape index (κ1) is 20.3. The maximum absolute atomic E-state index is 13.0. The highest BCUT2D eigenvalue weighted by molar-refractivity contribution is 7.92. The van der Waals surface area contributed by atoms with Crippen LogP contribution in [0.15, 0.2) is 83.8 Å². The number of carbonyl (C=O) groups is 1. The average Bonchev–Trinajstić information content (AvgIpc) is 2.73. The summed E-state index contributed by atoms with van der Waals surface area (Å²) < 4.78 is 45.1. The number of halogens is 1. The number of carbonyl (C=O) groups excluding carboxylic acids is 1. The second-order valence-electron chi connectivity index (χ2n) is 6.11. The summed E-state index contributed by atoms with van der Waals surface area (Å²) in [5.41, 5.74) is 1.56. The van der Waals surface area contributed by atoms with Gasteiger partial charge in [-0.25, -0.2) is 12.8 Å². The number of ketones is 1. The van der Waals surface area contributed by atoms with Gasteiger partial charge in [0.15, 0.2) is 5.78 Å². The van der Waals surface area contributed by atoms with Crippen molar-refractivity contribution in [2.75, 3.05) is 11.8 Å². The van der Waals surface area contributed by atoms with Crippen LogP contribution < -0.4 is 9.46 Å². The molecule has 0 bridgehead atoms. The van der Waals surface area contributed by atoms with Gasteiger partial charge < -0.3 is 4.74 Å². The number of rotatable bonds is 7. The van der Waals surface area contributed by atoms with Crippen molar-refractivity contribution < 1.29 is 22.3 Å². The molecular formula is C22H18FNO4S. The molecule has 5 nitrogen and oxygen atoms in total. The fourth-order valence-corrected chi connectivity index (χ4v) is 3.57. The van der Waals surface area contributed by atoms with Crippen LogP contribution in [0.4, 0.5) is 10.1 Å². The molecule has 0 heterocycles. The molecule has 0 aliphatic carbocycles. The molecule has 0 aromatic heterocycles. The second kappa shape index (κ2) is 8.70. The van der Waals surface area contributed by atoms with Crippen molar-refractivity contribution in [1.29, 1.82) is 0 Å². The molecular weight excluding hydrogens is 393 g/mol. The van der Waals surface area contributed by atoms with Crippen molar-refractivity contribution in [1.82, 2.24) is 0 Å². The summed E-state index contributed by atoms with van der Waals surface area (Å²) >= 11 is 0. The van der Waals surface area contributed by atoms with Crippen LogP contribution in [-0.4, -0.2) is 21.3 Å². The third-order valence-corrected chi connectivity index (χ3v) is 5.49. The first-order valence-electron chi connectivity index (χ1n) is 8.62. The van der Waals surface area contributed by atoms with Crippen LogP contribution in [0.2, 0.25) is 0 Å². The summed E-state index contributed by atoms with van der Waals surface area (Å²) in [5.74, 6) is -0.00424. The van der Waals surface area contributed by atoms with Gasteiger partial charge in [-0.05, 0) is 72.3 Å². The Kier molecular flexibility index (Phi) is 6.09. The first-order chi connectivity index (χ1) is 13.9. The Morgan fingerprint density at radius 3 is 2.14 bits per heavy atom. The van der Waals surface area contributed by atoms with Gasteiger partial charge in [0.1, 0.15) is 11.6 Å². The lowest BCUT2D eigenvalue weighted by Gasteiger charge is -2.08. The molecule has 29 heavy (non-hydrogen) atoms. The van der Waals surface area contributed by atoms with E-state index < -0.39 is 15.8 Å². The molecule has 0 saturated heterocycles. The van der Waals surface area contributed by atoms with Crippen LogP contribution in [0.5, 0.6) is 5.75 Å². The van der Waals surface area contributed by atoms with Gasteiger partial charge >= 0.3 is 0 Å². The highest BCUT2D eigenvalue weighted by atomic mass is 32.2. The van der Waals surface area contributed by atoms with Crippen molar-refractivity contribution in [2.45, 2.75) is 4.90 Å². The van der Waals surface area contributed by atoms with Gasteiger partial charge in [0.2, 0.25) is 0 Å². The zero-order chi connectivity index (χ0) is 20.9. The van der Waals surface area contributed by atoms with Crippen LogP contribution in [0.1, 0.15) is 15.9 Å². The fraction of sp³-hybridized carbons (Fsp3) is 0.0455. The second-order valence-corrected chi connectivity index (χ2v) is 7.79. The number of methoxy groups -OCH3 is 1. The SMILES string of the molecule is COc1ccc(C=CC(=O)c2ccc(NS(=O)(=O)c3ccc(F)cc3)cc2)cc1. The number of allylic oxidation sites excluding steroid dienone is 1. The maximum Gasteiger partial charge on any atom is 0.261 e. The summed E-state index contributed by atoms with van der Waals surface area (Å²) in [6.45, 7) is 0. The molecule has 3 aromatic rings. The molecule has 0 aliphatic rings. The van der Waals surface area contributed by atoms with E-state index in [-0.39, 0.29) is 10.7 Å². The van der Waals surface area contributed by atoms with E-state index in [9.17, 15) is 17.6 Å². The Morgan fingerprint density at radius 2 is 1.55 bits per heavy atom. The zero-order valence-electron chi connectivity index (χ0n) is 15.5. The minimum atomic E-state index is -3.84. The summed E-state index contributed by atoms with van der Waals surface area (Å²) in [6, 6.07) is 17.8. The molecule has 148 valence electrons. The number of anilines is 1. The van der Waals surface area contributed by atoms with Gasteiger partial charge in [-0.1, -0.05) is 18.2 Å². The van der Waals surface area contributed by atoms with Crippen LogP contribution >= 0.6 is 0 Å². The van der Waals surface area contributed by atoms with Gasteiger partial charge in [0, 0.05) is 11.3 Å². The third-order valence-electron chi connectivity index (χ3n) is 4.09. The van der Waals surface area contributed by atoms with Crippen LogP contribution in [0.25, 0.3) is 6.08 Å². The Bertz CT molecular complexity index is 1120. The van der Waals surface area contributed by atoms with E-state index in [2.05, 4.69) is 4.72 Å². The number of hydrogen-bond acceptors (Lipinski definition) is 4. The van der Waals surface area contributed by atoms with E-state index in [4.69, 9.17) is 4.74 Å². The van der Waals surface area contributed by atoms with E-state index in [0.29, 0.717) is 11.3 Å². The van der Waals surface area contributed by atoms with Gasteiger partial charge in [0.05, 0.1) is 12.0 Å². The molecule has 3 rings (SSSR count). The Labute approximate surface area is 168 Å². The van der Waals surface area contributed by atoms with Crippen molar-refractivity contribution in [3.63, 3.8) is 0 Å². The smallest absolute Gasteiger partial charge is 0.261 e. The normalized spacial score (nSPS) is 11.4. The Morgan fingerprint density at radius 1 is 0.931 bits per heavy atom. The van der Waals surface area contributed by atoms with Crippen LogP contribution in [0, 0.1) is 5.82 Å². The van der Waals surface area contributed by atoms with Crippen molar-refractivity contribution >= 4 is 27.6 Å². The van der Waals surface area contributed by atoms with E-state index in [1.165, 1.54) is 42.5 Å². The molecule has 0 aliphatic heterocycles. The van der Waals surface area contributed by atoms with Crippen LogP contribution in [0.3, 0.4) is 0 Å². The Hall–Kier alpha value is -3.45. The van der Waals surface area contributed by atoms with Crippen molar-refractivity contribution in [3.8, 4) is 5.75 Å². The highest BCUT2D eigenvalue weighted by Gasteiger charge is 2.14. The van der Waals surface area contributed by atoms with Crippen molar-refractivity contribution in [2.24, 2.45) is 0 Å². The molecule has 0 saturated carbocycles. The average molecular weight is 411 g/mol. The first-order valence-corrected chi connectivity index (χ1v) is 10.1. The van der Waals surface area contributed by atoms with E-state index in [1.54, 1.807) is 25.3 Å². The van der Waals surface area contributed by atoms with E-state index in [1.807, 2.05) is 12.1 Å². The number of sulfonamides is 1. The minimum Gasteiger partial charge on any atom is -0.497 e. The summed E-state index contributed by atoms with van der Waals surface area (Å²) in [6.07, 6.45) is 3.13. The number of hydrogen-bond donors (Lipinski definition) is 1. The monoisotopic (exact) mass is 411 g/mol. The molecule has 3 aromatic carbocycles. The van der Waals surface area contributed by atoms with Crippen LogP contribution in [-0.2, 0) is 10.0 Å². The van der Waals surface area contributed by atoms with E-state index >= 15 is 0 Å². The largest absolute Gasteiger partial charge is 0.497 e. The highest BCUT2D eigenvalue weighted by Crippen LogP contribution is 2.18. The standard InChI is InChI=1S/C22H18FNO4S/c1-28-20-11-2-16(3-12-20)4-15-22(25)17-5-9-19(10-6-17)24-29(26,27)21-13-7-18(23)8-14-21/h2-15,24H,1H3. The van der Waals surface area contributed by atoms with Gasteiger partial charge in [-0.3, -0.25) is 9.52 Å². The summed E-state index contributed by atoms with van der Waals surface area (Å²) in [7, 11) is -2.26. The number of nitrogens with one attached hydrogen (secondary N) is 1. The molecule has 0 unspecified atom stereocenters. The molecule has 0 radical (unpaired) electrons. The zero-order valence-corrected chi connectivity index (χ0v) is 16.3. The van der Waals surface area contributed by atoms with Crippen molar-refractivity contribution in [3.05, 3.63) is 95.8 Å². The lowest BCUT2D eigenvalue weighted by Crippen LogP contribution is -2.13. The predicted octanol–water partition coefficient (Wildman–Crippen LogP) is 4.53. The quantitative estimate of drug-likeness (QED) is 0.458. The van der Waals surface area contributed by atoms with Gasteiger partial charge in [0.25, 0.3) is 10.0 Å². The summed E-state index contributed by atoms with van der Waals surface area (Å²) in [5, 5.41) is 0. The lowest BCUT2D eigenvalue weighted by molar-refractivity contribution is 0.104. The molecule has 7 heteroatoms. The molecule has 1 N–H and O–H groups in total. The number of ether oxygens (including phenoxy) is 1. The molecule has 0 atom stereocenters. The summed E-state index contributed by atoms with van der Waals surface area (Å²) in [4.78, 5) is 12.3. The predicted molar refractivity (Wildman–Crippen MR) is 110 cm³/mol.